The number of carbonyl (C=O) groups is 2. The molecule has 3 rings (SSSR count). The lowest BCUT2D eigenvalue weighted by Gasteiger charge is -2.42. The second kappa shape index (κ2) is 12.2. The van der Waals surface area contributed by atoms with Crippen molar-refractivity contribution in [1.82, 2.24) is 20.0 Å². The van der Waals surface area contributed by atoms with Gasteiger partial charge >= 0.3 is 0 Å². The van der Waals surface area contributed by atoms with Crippen molar-refractivity contribution in [3.63, 3.8) is 0 Å². The summed E-state index contributed by atoms with van der Waals surface area (Å²) in [6.45, 7) is 16.0. The Bertz CT molecular complexity index is 666. The van der Waals surface area contributed by atoms with Gasteiger partial charge in [0.1, 0.15) is 11.7 Å². The lowest BCUT2D eigenvalue weighted by molar-refractivity contribution is -0.150. The number of alkyl halides is 1. The molecular formula is C27H49FN4O2. The van der Waals surface area contributed by atoms with E-state index >= 15 is 0 Å². The maximum absolute atomic E-state index is 14.0. The first-order chi connectivity index (χ1) is 16.1. The molecule has 7 heteroatoms. The molecule has 3 fully saturated rings. The monoisotopic (exact) mass is 480 g/mol. The summed E-state index contributed by atoms with van der Waals surface area (Å²) < 4.78 is 14.0. The number of hydrogen-bond donors (Lipinski definition) is 1. The molecule has 2 atom stereocenters. The summed E-state index contributed by atoms with van der Waals surface area (Å²) in [6, 6.07) is -0.517. The van der Waals surface area contributed by atoms with E-state index in [-0.39, 0.29) is 23.9 Å². The van der Waals surface area contributed by atoms with Crippen molar-refractivity contribution in [2.45, 2.75) is 97.3 Å². The van der Waals surface area contributed by atoms with E-state index in [0.29, 0.717) is 37.1 Å². The number of halogens is 1. The molecule has 0 saturated carbocycles. The molecule has 34 heavy (non-hydrogen) atoms. The lowest BCUT2D eigenvalue weighted by atomic mass is 9.91. The number of piperidine rings is 2. The van der Waals surface area contributed by atoms with Crippen molar-refractivity contribution in [1.29, 1.82) is 0 Å². The zero-order valence-corrected chi connectivity index (χ0v) is 22.3. The van der Waals surface area contributed by atoms with Crippen LogP contribution in [-0.2, 0) is 9.59 Å². The van der Waals surface area contributed by atoms with Crippen LogP contribution in [0.15, 0.2) is 0 Å². The van der Waals surface area contributed by atoms with Crippen LogP contribution >= 0.6 is 0 Å². The Balaban J connectivity index is 1.52. The van der Waals surface area contributed by atoms with E-state index in [1.165, 1.54) is 0 Å². The molecule has 0 spiro atoms. The van der Waals surface area contributed by atoms with Gasteiger partial charge in [0.25, 0.3) is 0 Å². The van der Waals surface area contributed by atoms with E-state index in [4.69, 9.17) is 0 Å². The fraction of sp³-hybridized carbons (Fsp3) is 0.926. The fourth-order valence-corrected chi connectivity index (χ4v) is 5.79. The Morgan fingerprint density at radius 1 is 1.06 bits per heavy atom. The fourth-order valence-electron chi connectivity index (χ4n) is 5.79. The molecule has 0 unspecified atom stereocenters. The van der Waals surface area contributed by atoms with E-state index < -0.39 is 5.67 Å². The van der Waals surface area contributed by atoms with Crippen molar-refractivity contribution in [2.75, 3.05) is 45.8 Å². The molecule has 3 aliphatic rings. The largest absolute Gasteiger partial charge is 0.341 e. The maximum atomic E-state index is 14.0. The van der Waals surface area contributed by atoms with Gasteiger partial charge in [0.15, 0.2) is 0 Å². The summed E-state index contributed by atoms with van der Waals surface area (Å²) in [5.41, 5.74) is -0.991. The minimum Gasteiger partial charge on any atom is -0.341 e. The number of carbonyl (C=O) groups excluding carboxylic acids is 2. The molecule has 0 aromatic carbocycles. The molecule has 0 radical (unpaired) electrons. The molecule has 1 N–H and O–H groups in total. The molecule has 3 heterocycles. The highest BCUT2D eigenvalue weighted by molar-refractivity contribution is 5.90. The Morgan fingerprint density at radius 3 is 2.29 bits per heavy atom. The number of nitrogens with one attached hydrogen (secondary N) is 1. The molecule has 3 aliphatic heterocycles. The quantitative estimate of drug-likeness (QED) is 0.547. The normalized spacial score (nSPS) is 25.9. The van der Waals surface area contributed by atoms with Crippen LogP contribution in [0.3, 0.4) is 0 Å². The zero-order chi connectivity index (χ0) is 24.9. The Labute approximate surface area is 207 Å². The van der Waals surface area contributed by atoms with Crippen LogP contribution in [-0.4, -0.2) is 90.1 Å². The first-order valence-corrected chi connectivity index (χ1v) is 13.8. The number of piperazine rings is 1. The Kier molecular flexibility index (Phi) is 9.79. The van der Waals surface area contributed by atoms with Gasteiger partial charge in [-0.3, -0.25) is 9.59 Å². The van der Waals surface area contributed by atoms with Gasteiger partial charge in [0, 0.05) is 39.3 Å². The summed E-state index contributed by atoms with van der Waals surface area (Å²) in [5.74, 6) is 1.66. The van der Waals surface area contributed by atoms with Gasteiger partial charge in [-0.25, -0.2) is 4.39 Å². The van der Waals surface area contributed by atoms with E-state index in [1.807, 2.05) is 9.80 Å². The van der Waals surface area contributed by atoms with Crippen LogP contribution in [0.2, 0.25) is 0 Å². The van der Waals surface area contributed by atoms with Crippen LogP contribution in [0.25, 0.3) is 0 Å². The molecule has 0 aliphatic carbocycles. The summed E-state index contributed by atoms with van der Waals surface area (Å²) in [5, 5.41) is 3.37. The number of nitrogens with zero attached hydrogens (tertiary/aromatic N) is 3. The number of amides is 2. The Hall–Kier alpha value is -1.21. The molecule has 0 aromatic rings. The predicted octanol–water partition coefficient (Wildman–Crippen LogP) is 3.70. The topological polar surface area (TPSA) is 55.9 Å². The van der Waals surface area contributed by atoms with Crippen molar-refractivity contribution >= 4 is 11.8 Å². The van der Waals surface area contributed by atoms with Crippen molar-refractivity contribution < 1.29 is 14.0 Å². The van der Waals surface area contributed by atoms with Crippen molar-refractivity contribution in [2.24, 2.45) is 17.8 Å². The van der Waals surface area contributed by atoms with Gasteiger partial charge in [0.2, 0.25) is 11.8 Å². The van der Waals surface area contributed by atoms with Gasteiger partial charge in [-0.05, 0) is 76.2 Å². The van der Waals surface area contributed by atoms with Crippen LogP contribution in [0.1, 0.15) is 79.6 Å². The van der Waals surface area contributed by atoms with Gasteiger partial charge in [-0.1, -0.05) is 27.7 Å². The molecule has 0 aromatic heterocycles. The minimum absolute atomic E-state index is 0.0970. The average Bonchev–Trinajstić information content (AvgIpc) is 2.78. The molecule has 6 nitrogen and oxygen atoms in total. The summed E-state index contributed by atoms with van der Waals surface area (Å²) in [7, 11) is 0. The number of likely N-dealkylation sites (tertiary alicyclic amines) is 2. The van der Waals surface area contributed by atoms with Crippen LogP contribution in [0.4, 0.5) is 4.39 Å². The maximum Gasteiger partial charge on any atom is 0.245 e. The van der Waals surface area contributed by atoms with E-state index in [2.05, 4.69) is 37.9 Å². The second-order valence-electron chi connectivity index (χ2n) is 12.1. The van der Waals surface area contributed by atoms with E-state index in [9.17, 15) is 14.0 Å². The van der Waals surface area contributed by atoms with Crippen molar-refractivity contribution in [3.8, 4) is 0 Å². The molecule has 196 valence electrons. The van der Waals surface area contributed by atoms with Gasteiger partial charge in [0.05, 0.1) is 6.04 Å². The summed E-state index contributed by atoms with van der Waals surface area (Å²) in [4.78, 5) is 33.2. The van der Waals surface area contributed by atoms with Gasteiger partial charge < -0.3 is 20.0 Å². The standard InChI is InChI=1S/C27H49FN4O2/c1-20(2)18-23-25(33)32(17-11-29-23)24(19-21(3)4)26(34)31-13-7-22(8-14-31)6-12-30-15-9-27(5,28)10-16-30/h20-24,29H,6-19H2,1-5H3/t23-,24-/m0/s1. The molecule has 0 bridgehead atoms. The third kappa shape index (κ3) is 7.64. The summed E-state index contributed by atoms with van der Waals surface area (Å²) >= 11 is 0. The molecule has 3 saturated heterocycles. The van der Waals surface area contributed by atoms with Crippen LogP contribution in [0.5, 0.6) is 0 Å². The molecular weight excluding hydrogens is 431 g/mol. The highest BCUT2D eigenvalue weighted by Gasteiger charge is 2.39. The Morgan fingerprint density at radius 2 is 1.71 bits per heavy atom. The van der Waals surface area contributed by atoms with Crippen molar-refractivity contribution in [3.05, 3.63) is 0 Å². The first-order valence-electron chi connectivity index (χ1n) is 13.8. The zero-order valence-electron chi connectivity index (χ0n) is 22.3. The third-order valence-electron chi connectivity index (χ3n) is 8.07. The average molecular weight is 481 g/mol. The number of hydrogen-bond acceptors (Lipinski definition) is 4. The highest BCUT2D eigenvalue weighted by Crippen LogP contribution is 2.28. The smallest absolute Gasteiger partial charge is 0.245 e. The predicted molar refractivity (Wildman–Crippen MR) is 135 cm³/mol. The number of rotatable bonds is 9. The summed E-state index contributed by atoms with van der Waals surface area (Å²) in [6.07, 6.45) is 6.00. The van der Waals surface area contributed by atoms with Crippen LogP contribution in [0, 0.1) is 17.8 Å². The second-order valence-corrected chi connectivity index (χ2v) is 12.1. The van der Waals surface area contributed by atoms with E-state index in [1.54, 1.807) is 6.92 Å². The third-order valence-corrected chi connectivity index (χ3v) is 8.07. The van der Waals surface area contributed by atoms with Gasteiger partial charge in [-0.2, -0.15) is 0 Å². The lowest BCUT2D eigenvalue weighted by Crippen LogP contribution is -2.62. The minimum atomic E-state index is -0.991. The van der Waals surface area contributed by atoms with Crippen LogP contribution < -0.4 is 5.32 Å². The van der Waals surface area contributed by atoms with E-state index in [0.717, 1.165) is 71.4 Å². The molecule has 2 amide bonds. The SMILES string of the molecule is CC(C)C[C@@H]1NCCN([C@@H](CC(C)C)C(=O)N2CCC(CCN3CCC(C)(F)CC3)CC2)C1=O. The highest BCUT2D eigenvalue weighted by atomic mass is 19.1. The first kappa shape index (κ1) is 27.4. The van der Waals surface area contributed by atoms with Gasteiger partial charge in [-0.15, -0.1) is 0 Å².